The van der Waals surface area contributed by atoms with Crippen LogP contribution in [0.25, 0.3) is 0 Å². The van der Waals surface area contributed by atoms with Crippen LogP contribution in [0.15, 0.2) is 36.4 Å². The van der Waals surface area contributed by atoms with Crippen molar-refractivity contribution in [2.45, 2.75) is 38.5 Å². The maximum Gasteiger partial charge on any atom is 0.177 e. The Hall–Kier alpha value is -2.13. The lowest BCUT2D eigenvalue weighted by molar-refractivity contribution is 0.0924. The standard InChI is InChI=1S/C24H28N2O/c27-23(17-25-12-14-26(15-13-25)20-8-2-1-3-9-20)24-21-10-4-6-18(21)16-19-7-5-11-22(19)24/h1-3,8-9,16H,4-7,10-15,17H2. The third kappa shape index (κ3) is 3.19. The molecule has 1 heterocycles. The van der Waals surface area contributed by atoms with E-state index in [2.05, 4.69) is 46.2 Å². The van der Waals surface area contributed by atoms with Crippen molar-refractivity contribution in [3.63, 3.8) is 0 Å². The zero-order valence-electron chi connectivity index (χ0n) is 16.0. The third-order valence-electron chi connectivity index (χ3n) is 6.61. The lowest BCUT2D eigenvalue weighted by atomic mass is 9.91. The van der Waals surface area contributed by atoms with Gasteiger partial charge in [0.15, 0.2) is 5.78 Å². The van der Waals surface area contributed by atoms with Gasteiger partial charge in [0.1, 0.15) is 0 Å². The molecule has 0 radical (unpaired) electrons. The molecule has 0 spiro atoms. The molecular weight excluding hydrogens is 332 g/mol. The SMILES string of the molecule is O=C(CN1CCN(c2ccccc2)CC1)c1c2c(cc3c1CCC3)CCC2. The number of fused-ring (bicyclic) bond motifs is 2. The van der Waals surface area contributed by atoms with Crippen LogP contribution >= 0.6 is 0 Å². The van der Waals surface area contributed by atoms with Crippen molar-refractivity contribution in [1.29, 1.82) is 0 Å². The van der Waals surface area contributed by atoms with E-state index in [0.717, 1.165) is 44.6 Å². The number of ketones is 1. The molecule has 2 aromatic rings. The Morgan fingerprint density at radius 1 is 0.815 bits per heavy atom. The summed E-state index contributed by atoms with van der Waals surface area (Å²) in [4.78, 5) is 18.1. The summed E-state index contributed by atoms with van der Waals surface area (Å²) in [5.74, 6) is 0.375. The highest BCUT2D eigenvalue weighted by molar-refractivity contribution is 6.01. The number of nitrogens with zero attached hydrogens (tertiary/aromatic N) is 2. The van der Waals surface area contributed by atoms with Crippen LogP contribution in [0.1, 0.15) is 45.5 Å². The van der Waals surface area contributed by atoms with Crippen LogP contribution in [0.5, 0.6) is 0 Å². The van der Waals surface area contributed by atoms with Crippen LogP contribution in [0.2, 0.25) is 0 Å². The summed E-state index contributed by atoms with van der Waals surface area (Å²) in [5, 5.41) is 0. The summed E-state index contributed by atoms with van der Waals surface area (Å²) in [6, 6.07) is 13.0. The number of aryl methyl sites for hydroxylation is 2. The molecule has 5 rings (SSSR count). The monoisotopic (exact) mass is 360 g/mol. The lowest BCUT2D eigenvalue weighted by Crippen LogP contribution is -2.48. The Morgan fingerprint density at radius 2 is 1.44 bits per heavy atom. The first kappa shape index (κ1) is 17.0. The van der Waals surface area contributed by atoms with Gasteiger partial charge in [-0.25, -0.2) is 0 Å². The zero-order chi connectivity index (χ0) is 18.2. The number of anilines is 1. The van der Waals surface area contributed by atoms with E-state index in [0.29, 0.717) is 12.3 Å². The molecule has 3 aliphatic rings. The minimum Gasteiger partial charge on any atom is -0.369 e. The maximum absolute atomic E-state index is 13.3. The van der Waals surface area contributed by atoms with Crippen LogP contribution in [-0.4, -0.2) is 43.4 Å². The molecule has 1 saturated heterocycles. The van der Waals surface area contributed by atoms with Crippen molar-refractivity contribution in [3.05, 3.63) is 64.2 Å². The summed E-state index contributed by atoms with van der Waals surface area (Å²) < 4.78 is 0. The van der Waals surface area contributed by atoms with Crippen molar-refractivity contribution >= 4 is 11.5 Å². The number of piperazine rings is 1. The van der Waals surface area contributed by atoms with E-state index in [1.807, 2.05) is 0 Å². The van der Waals surface area contributed by atoms with Gasteiger partial charge in [-0.3, -0.25) is 9.69 Å². The van der Waals surface area contributed by atoms with Gasteiger partial charge >= 0.3 is 0 Å². The van der Waals surface area contributed by atoms with E-state index in [1.54, 1.807) is 0 Å². The van der Waals surface area contributed by atoms with Crippen molar-refractivity contribution < 1.29 is 4.79 Å². The Kier molecular flexibility index (Phi) is 4.48. The molecule has 27 heavy (non-hydrogen) atoms. The minimum absolute atomic E-state index is 0.375. The fourth-order valence-electron chi connectivity index (χ4n) is 5.24. The maximum atomic E-state index is 13.3. The number of hydrogen-bond acceptors (Lipinski definition) is 3. The molecule has 0 N–H and O–H groups in total. The topological polar surface area (TPSA) is 23.6 Å². The first-order valence-electron chi connectivity index (χ1n) is 10.5. The quantitative estimate of drug-likeness (QED) is 0.778. The summed E-state index contributed by atoms with van der Waals surface area (Å²) in [6.07, 6.45) is 6.97. The molecule has 3 heteroatoms. The molecule has 0 saturated carbocycles. The van der Waals surface area contributed by atoms with Crippen LogP contribution in [-0.2, 0) is 25.7 Å². The number of rotatable bonds is 4. The first-order chi connectivity index (χ1) is 13.3. The summed E-state index contributed by atoms with van der Waals surface area (Å²) in [7, 11) is 0. The molecule has 2 aromatic carbocycles. The number of carbonyl (C=O) groups is 1. The molecule has 3 nitrogen and oxygen atoms in total. The predicted octanol–water partition coefficient (Wildman–Crippen LogP) is 3.67. The second kappa shape index (κ2) is 7.12. The van der Waals surface area contributed by atoms with Crippen molar-refractivity contribution in [2.75, 3.05) is 37.6 Å². The second-order valence-corrected chi connectivity index (χ2v) is 8.26. The van der Waals surface area contributed by atoms with Gasteiger partial charge in [0.25, 0.3) is 0 Å². The smallest absolute Gasteiger partial charge is 0.177 e. The summed E-state index contributed by atoms with van der Waals surface area (Å²) in [6.45, 7) is 4.53. The normalized spacial score (nSPS) is 19.2. The Morgan fingerprint density at radius 3 is 2.07 bits per heavy atom. The molecule has 140 valence electrons. The largest absolute Gasteiger partial charge is 0.369 e. The van der Waals surface area contributed by atoms with Crippen LogP contribution in [0.4, 0.5) is 5.69 Å². The number of para-hydroxylation sites is 1. The van der Waals surface area contributed by atoms with Crippen molar-refractivity contribution in [1.82, 2.24) is 4.90 Å². The number of benzene rings is 2. The van der Waals surface area contributed by atoms with Gasteiger partial charge < -0.3 is 4.90 Å². The molecular formula is C24H28N2O. The average molecular weight is 361 g/mol. The molecule has 2 aliphatic carbocycles. The summed E-state index contributed by atoms with van der Waals surface area (Å²) >= 11 is 0. The fraction of sp³-hybridized carbons (Fsp3) is 0.458. The molecule has 0 atom stereocenters. The van der Waals surface area contributed by atoms with Crippen molar-refractivity contribution in [2.24, 2.45) is 0 Å². The van der Waals surface area contributed by atoms with Gasteiger partial charge in [-0.2, -0.15) is 0 Å². The minimum atomic E-state index is 0.375. The lowest BCUT2D eigenvalue weighted by Gasteiger charge is -2.36. The fourth-order valence-corrected chi connectivity index (χ4v) is 5.24. The highest BCUT2D eigenvalue weighted by Crippen LogP contribution is 2.35. The molecule has 0 amide bonds. The Bertz CT molecular complexity index is 818. The molecule has 0 unspecified atom stereocenters. The zero-order valence-corrected chi connectivity index (χ0v) is 16.0. The number of carbonyl (C=O) groups excluding carboxylic acids is 1. The van der Waals surface area contributed by atoms with Gasteiger partial charge in [0, 0.05) is 37.4 Å². The Labute approximate surface area is 162 Å². The molecule has 0 bridgehead atoms. The average Bonchev–Trinajstić information content (AvgIpc) is 3.36. The second-order valence-electron chi connectivity index (χ2n) is 8.26. The highest BCUT2D eigenvalue weighted by atomic mass is 16.1. The highest BCUT2D eigenvalue weighted by Gasteiger charge is 2.29. The van der Waals surface area contributed by atoms with E-state index in [9.17, 15) is 4.79 Å². The predicted molar refractivity (Wildman–Crippen MR) is 110 cm³/mol. The van der Waals surface area contributed by atoms with Crippen molar-refractivity contribution in [3.8, 4) is 0 Å². The van der Waals surface area contributed by atoms with Gasteiger partial charge in [-0.05, 0) is 72.9 Å². The van der Waals surface area contributed by atoms with Gasteiger partial charge in [-0.1, -0.05) is 24.3 Å². The van der Waals surface area contributed by atoms with Gasteiger partial charge in [0.2, 0.25) is 0 Å². The number of Topliss-reactive ketones (excluding diaryl/α,β-unsaturated/α-hetero) is 1. The molecule has 1 fully saturated rings. The van der Waals surface area contributed by atoms with Crippen LogP contribution in [0, 0.1) is 0 Å². The van der Waals surface area contributed by atoms with E-state index in [4.69, 9.17) is 0 Å². The first-order valence-corrected chi connectivity index (χ1v) is 10.5. The van der Waals surface area contributed by atoms with E-state index in [1.165, 1.54) is 53.6 Å². The number of hydrogen-bond donors (Lipinski definition) is 0. The molecule has 1 aliphatic heterocycles. The van der Waals surface area contributed by atoms with Crippen LogP contribution < -0.4 is 4.90 Å². The summed E-state index contributed by atoms with van der Waals surface area (Å²) in [5.41, 5.74) is 8.14. The van der Waals surface area contributed by atoms with E-state index < -0.39 is 0 Å². The van der Waals surface area contributed by atoms with Crippen LogP contribution in [0.3, 0.4) is 0 Å². The van der Waals surface area contributed by atoms with Gasteiger partial charge in [0.05, 0.1) is 6.54 Å². The van der Waals surface area contributed by atoms with E-state index >= 15 is 0 Å². The Balaban J connectivity index is 1.30. The molecule has 0 aromatic heterocycles. The van der Waals surface area contributed by atoms with E-state index in [-0.39, 0.29) is 0 Å². The van der Waals surface area contributed by atoms with Gasteiger partial charge in [-0.15, -0.1) is 0 Å². The third-order valence-corrected chi connectivity index (χ3v) is 6.61.